The van der Waals surface area contributed by atoms with E-state index in [0.29, 0.717) is 19.1 Å². The van der Waals surface area contributed by atoms with Crippen LogP contribution in [0.2, 0.25) is 0 Å². The van der Waals surface area contributed by atoms with Crippen molar-refractivity contribution in [2.24, 2.45) is 5.92 Å². The van der Waals surface area contributed by atoms with E-state index in [4.69, 9.17) is 14.2 Å². The molecular weight excluding hydrogens is 440 g/mol. The monoisotopic (exact) mass is 474 g/mol. The van der Waals surface area contributed by atoms with Crippen LogP contribution >= 0.6 is 0 Å². The number of benzene rings is 1. The Bertz CT molecular complexity index is 1320. The van der Waals surface area contributed by atoms with E-state index in [-0.39, 0.29) is 0 Å². The lowest BCUT2D eigenvalue weighted by atomic mass is 9.96. The summed E-state index contributed by atoms with van der Waals surface area (Å²) in [6.07, 6.45) is 7.13. The number of ether oxygens (including phenoxy) is 3. The molecule has 2 heterocycles. The third-order valence-electron chi connectivity index (χ3n) is 6.43. The van der Waals surface area contributed by atoms with E-state index < -0.39 is 0 Å². The Morgan fingerprint density at radius 3 is 2.60 bits per heavy atom. The molecular formula is C28H34N4O3. The number of aromatic nitrogens is 3. The Balaban J connectivity index is 1.82. The molecule has 184 valence electrons. The first-order valence-electron chi connectivity index (χ1n) is 11.9. The summed E-state index contributed by atoms with van der Waals surface area (Å²) in [4.78, 5) is 0. The number of rotatable bonds is 9. The Morgan fingerprint density at radius 1 is 1.14 bits per heavy atom. The molecule has 1 aliphatic rings. The van der Waals surface area contributed by atoms with Crippen molar-refractivity contribution in [2.75, 3.05) is 32.7 Å². The summed E-state index contributed by atoms with van der Waals surface area (Å²) in [7, 11) is 3.39. The summed E-state index contributed by atoms with van der Waals surface area (Å²) in [6, 6.07) is 5.90. The number of fused-ring (bicyclic) bond motifs is 1. The lowest BCUT2D eigenvalue weighted by Crippen LogP contribution is -2.13. The van der Waals surface area contributed by atoms with Gasteiger partial charge in [0.1, 0.15) is 17.3 Å². The van der Waals surface area contributed by atoms with Crippen LogP contribution in [0.1, 0.15) is 37.4 Å². The molecule has 0 amide bonds. The van der Waals surface area contributed by atoms with Crippen LogP contribution in [0.5, 0.6) is 11.5 Å². The maximum absolute atomic E-state index is 5.75. The summed E-state index contributed by atoms with van der Waals surface area (Å²) < 4.78 is 19.2. The van der Waals surface area contributed by atoms with Gasteiger partial charge in [0.2, 0.25) is 0 Å². The van der Waals surface area contributed by atoms with Gasteiger partial charge in [0.25, 0.3) is 0 Å². The minimum absolute atomic E-state index is 0.470. The highest BCUT2D eigenvalue weighted by molar-refractivity contribution is 6.01. The van der Waals surface area contributed by atoms with E-state index in [1.54, 1.807) is 20.3 Å². The second-order valence-corrected chi connectivity index (χ2v) is 8.69. The largest absolute Gasteiger partial charge is 0.497 e. The van der Waals surface area contributed by atoms with Crippen LogP contribution in [-0.4, -0.2) is 42.1 Å². The fourth-order valence-electron chi connectivity index (χ4n) is 4.83. The van der Waals surface area contributed by atoms with Gasteiger partial charge in [-0.15, -0.1) is 10.2 Å². The molecule has 0 saturated carbocycles. The maximum Gasteiger partial charge on any atom is 0.158 e. The van der Waals surface area contributed by atoms with Gasteiger partial charge >= 0.3 is 0 Å². The van der Waals surface area contributed by atoms with E-state index in [0.717, 1.165) is 68.6 Å². The molecule has 7 nitrogen and oxygen atoms in total. The van der Waals surface area contributed by atoms with Gasteiger partial charge in [-0.1, -0.05) is 19.6 Å². The Hall–Kier alpha value is -3.74. The van der Waals surface area contributed by atoms with Crippen LogP contribution < -0.4 is 14.8 Å². The lowest BCUT2D eigenvalue weighted by molar-refractivity contribution is 0.294. The molecule has 35 heavy (non-hydrogen) atoms. The van der Waals surface area contributed by atoms with Crippen molar-refractivity contribution in [3.8, 4) is 17.2 Å². The van der Waals surface area contributed by atoms with Crippen LogP contribution in [0.25, 0.3) is 22.5 Å². The average molecular weight is 475 g/mol. The summed E-state index contributed by atoms with van der Waals surface area (Å²) in [6.45, 7) is 13.5. The summed E-state index contributed by atoms with van der Waals surface area (Å²) >= 11 is 0. The predicted octanol–water partition coefficient (Wildman–Crippen LogP) is 6.00. The first kappa shape index (κ1) is 24.4. The molecule has 1 atom stereocenters. The zero-order chi connectivity index (χ0) is 25.1. The maximum atomic E-state index is 5.75. The fourth-order valence-corrected chi connectivity index (χ4v) is 4.83. The second-order valence-electron chi connectivity index (χ2n) is 8.69. The number of hydrogen-bond donors (Lipinski definition) is 1. The van der Waals surface area contributed by atoms with Gasteiger partial charge in [-0.05, 0) is 57.4 Å². The number of nitrogens with one attached hydrogen (secondary N) is 1. The van der Waals surface area contributed by atoms with E-state index in [9.17, 15) is 0 Å². The van der Waals surface area contributed by atoms with Crippen LogP contribution in [0.4, 0.5) is 5.82 Å². The van der Waals surface area contributed by atoms with E-state index in [2.05, 4.69) is 59.6 Å². The van der Waals surface area contributed by atoms with Crippen LogP contribution in [0.15, 0.2) is 48.3 Å². The molecule has 0 spiro atoms. The minimum atomic E-state index is 0.470. The van der Waals surface area contributed by atoms with Crippen molar-refractivity contribution >= 4 is 22.7 Å². The van der Waals surface area contributed by atoms with Gasteiger partial charge in [-0.25, -0.2) is 0 Å². The predicted molar refractivity (Wildman–Crippen MR) is 142 cm³/mol. The SMILES string of the molecule is C=Cc1nnc(NCC2=CC(C)CC=C2OC)c2c(C)n(-c3ccc(OCC)cc3OC)c(C)c12. The molecule has 0 saturated heterocycles. The molecule has 3 aromatic rings. The molecule has 1 N–H and O–H groups in total. The Kier molecular flexibility index (Phi) is 7.15. The molecule has 1 aromatic carbocycles. The quantitative estimate of drug-likeness (QED) is 0.410. The third-order valence-corrected chi connectivity index (χ3v) is 6.43. The first-order valence-corrected chi connectivity index (χ1v) is 11.9. The molecule has 4 rings (SSSR count). The minimum Gasteiger partial charge on any atom is -0.497 e. The molecule has 1 unspecified atom stereocenters. The Morgan fingerprint density at radius 2 is 1.91 bits per heavy atom. The lowest BCUT2D eigenvalue weighted by Gasteiger charge is -2.19. The zero-order valence-corrected chi connectivity index (χ0v) is 21.4. The van der Waals surface area contributed by atoms with Gasteiger partial charge in [0.15, 0.2) is 5.82 Å². The van der Waals surface area contributed by atoms with Gasteiger partial charge < -0.3 is 24.1 Å². The van der Waals surface area contributed by atoms with Crippen molar-refractivity contribution in [1.29, 1.82) is 0 Å². The molecule has 0 bridgehead atoms. The van der Waals surface area contributed by atoms with Crippen molar-refractivity contribution in [3.63, 3.8) is 0 Å². The number of methoxy groups -OCH3 is 2. The number of allylic oxidation sites excluding steroid dienone is 2. The number of aryl methyl sites for hydroxylation is 2. The van der Waals surface area contributed by atoms with Gasteiger partial charge in [-0.2, -0.15) is 0 Å². The summed E-state index contributed by atoms with van der Waals surface area (Å²) in [5, 5.41) is 14.6. The smallest absolute Gasteiger partial charge is 0.158 e. The zero-order valence-electron chi connectivity index (χ0n) is 21.4. The topological polar surface area (TPSA) is 70.4 Å². The van der Waals surface area contributed by atoms with E-state index in [1.807, 2.05) is 25.1 Å². The van der Waals surface area contributed by atoms with Crippen molar-refractivity contribution in [2.45, 2.75) is 34.1 Å². The molecule has 0 fully saturated rings. The number of hydrogen-bond acceptors (Lipinski definition) is 6. The summed E-state index contributed by atoms with van der Waals surface area (Å²) in [5.41, 5.74) is 4.87. The normalized spacial score (nSPS) is 15.4. The Labute approximate surface area is 207 Å². The highest BCUT2D eigenvalue weighted by Crippen LogP contribution is 2.38. The van der Waals surface area contributed by atoms with E-state index >= 15 is 0 Å². The molecule has 1 aliphatic carbocycles. The molecule has 7 heteroatoms. The van der Waals surface area contributed by atoms with Crippen molar-refractivity contribution in [3.05, 3.63) is 65.3 Å². The average Bonchev–Trinajstić information content (AvgIpc) is 3.13. The van der Waals surface area contributed by atoms with Crippen LogP contribution in [0.3, 0.4) is 0 Å². The van der Waals surface area contributed by atoms with Crippen molar-refractivity contribution in [1.82, 2.24) is 14.8 Å². The van der Waals surface area contributed by atoms with E-state index in [1.165, 1.54) is 0 Å². The number of nitrogens with zero attached hydrogens (tertiary/aromatic N) is 3. The highest BCUT2D eigenvalue weighted by atomic mass is 16.5. The van der Waals surface area contributed by atoms with Gasteiger partial charge in [-0.3, -0.25) is 0 Å². The molecule has 2 aromatic heterocycles. The van der Waals surface area contributed by atoms with Gasteiger partial charge in [0.05, 0.1) is 32.2 Å². The van der Waals surface area contributed by atoms with Gasteiger partial charge in [0, 0.05) is 40.3 Å². The number of anilines is 1. The van der Waals surface area contributed by atoms with Crippen LogP contribution in [-0.2, 0) is 4.74 Å². The fraction of sp³-hybridized carbons (Fsp3) is 0.357. The first-order chi connectivity index (χ1) is 16.9. The third kappa shape index (κ3) is 4.50. The van der Waals surface area contributed by atoms with Crippen LogP contribution in [0, 0.1) is 19.8 Å². The summed E-state index contributed by atoms with van der Waals surface area (Å²) in [5.74, 6) is 3.61. The standard InChI is InChI=1S/C28H34N4O3/c1-8-22-26-18(4)32(23-12-11-21(35-9-2)15-25(23)34-7)19(5)27(26)28(31-30-22)29-16-20-14-17(3)10-13-24(20)33-6/h8,11-15,17H,1,9-10,16H2,2-7H3,(H,29,31). The highest BCUT2D eigenvalue weighted by Gasteiger charge is 2.22. The molecule has 0 aliphatic heterocycles. The molecule has 0 radical (unpaired) electrons. The van der Waals surface area contributed by atoms with Crippen molar-refractivity contribution < 1.29 is 14.2 Å². The second kappa shape index (κ2) is 10.3.